The van der Waals surface area contributed by atoms with Crippen LogP contribution in [0.1, 0.15) is 73.9 Å². The summed E-state index contributed by atoms with van der Waals surface area (Å²) >= 11 is 0. The van der Waals surface area contributed by atoms with Crippen molar-refractivity contribution in [2.45, 2.75) is 82.4 Å². The van der Waals surface area contributed by atoms with E-state index in [1.54, 1.807) is 13.2 Å². The van der Waals surface area contributed by atoms with Crippen LogP contribution in [0, 0.1) is 5.92 Å². The maximum Gasteiger partial charge on any atom is 0.326 e. The molecule has 0 heterocycles. The van der Waals surface area contributed by atoms with Gasteiger partial charge in [0.2, 0.25) is 11.8 Å². The van der Waals surface area contributed by atoms with Gasteiger partial charge >= 0.3 is 5.97 Å². The van der Waals surface area contributed by atoms with Crippen molar-refractivity contribution in [3.05, 3.63) is 34.9 Å². The first-order valence-corrected chi connectivity index (χ1v) is 11.9. The van der Waals surface area contributed by atoms with Crippen LogP contribution in [0.25, 0.3) is 0 Å². The second-order valence-electron chi connectivity index (χ2n) is 9.89. The number of methoxy groups -OCH3 is 1. The Labute approximate surface area is 195 Å². The van der Waals surface area contributed by atoms with Crippen LogP contribution in [0.5, 0.6) is 0 Å². The van der Waals surface area contributed by atoms with Crippen LogP contribution in [-0.4, -0.2) is 54.7 Å². The molecule has 33 heavy (non-hydrogen) atoms. The van der Waals surface area contributed by atoms with E-state index in [0.717, 1.165) is 43.2 Å². The first-order valence-electron chi connectivity index (χ1n) is 11.9. The number of primary amides is 1. The number of amides is 2. The molecule has 1 aromatic rings. The van der Waals surface area contributed by atoms with Gasteiger partial charge in [0.1, 0.15) is 6.04 Å². The van der Waals surface area contributed by atoms with Crippen LogP contribution < -0.4 is 16.4 Å². The summed E-state index contributed by atoms with van der Waals surface area (Å²) in [5.74, 6) is -1.73. The Bertz CT molecular complexity index is 879. The lowest BCUT2D eigenvalue weighted by atomic mass is 9.67. The molecule has 1 fully saturated rings. The van der Waals surface area contributed by atoms with Crippen molar-refractivity contribution in [1.29, 1.82) is 0 Å². The Morgan fingerprint density at radius 2 is 1.91 bits per heavy atom. The minimum atomic E-state index is -1.02. The summed E-state index contributed by atoms with van der Waals surface area (Å²) in [5, 5.41) is 15.9. The molecular formula is C25H37N3O5. The molecule has 3 rings (SSSR count). The van der Waals surface area contributed by atoms with Crippen LogP contribution in [0.4, 0.5) is 0 Å². The molecule has 2 amide bonds. The first-order chi connectivity index (χ1) is 15.6. The largest absolute Gasteiger partial charge is 0.480 e. The maximum atomic E-state index is 12.6. The molecule has 0 aromatic heterocycles. The fraction of sp³-hybridized carbons (Fsp3) is 0.640. The van der Waals surface area contributed by atoms with E-state index in [1.807, 2.05) is 12.1 Å². The summed E-state index contributed by atoms with van der Waals surface area (Å²) in [6.07, 6.45) is 5.66. The van der Waals surface area contributed by atoms with E-state index in [1.165, 1.54) is 0 Å². The molecule has 1 saturated carbocycles. The van der Waals surface area contributed by atoms with Crippen molar-refractivity contribution in [2.75, 3.05) is 13.7 Å². The summed E-state index contributed by atoms with van der Waals surface area (Å²) in [4.78, 5) is 36.1. The summed E-state index contributed by atoms with van der Waals surface area (Å²) in [7, 11) is 1.67. The lowest BCUT2D eigenvalue weighted by Crippen LogP contribution is -2.57. The summed E-state index contributed by atoms with van der Waals surface area (Å²) in [6, 6.07) is 4.48. The number of carbonyl (C=O) groups excluding carboxylic acids is 2. The number of rotatable bonds is 9. The number of nitrogens with one attached hydrogen (secondary N) is 2. The van der Waals surface area contributed by atoms with Crippen molar-refractivity contribution in [3.63, 3.8) is 0 Å². The normalized spacial score (nSPS) is 23.4. The van der Waals surface area contributed by atoms with Crippen LogP contribution >= 0.6 is 0 Å². The van der Waals surface area contributed by atoms with E-state index in [9.17, 15) is 19.5 Å². The van der Waals surface area contributed by atoms with E-state index in [-0.39, 0.29) is 35.8 Å². The Kier molecular flexibility index (Phi) is 8.13. The Hall–Kier alpha value is -2.45. The highest BCUT2D eigenvalue weighted by molar-refractivity contribution is 5.93. The van der Waals surface area contributed by atoms with Crippen molar-refractivity contribution in [3.8, 4) is 0 Å². The number of hydrogen-bond donors (Lipinski definition) is 4. The number of hydrogen-bond acceptors (Lipinski definition) is 5. The van der Waals surface area contributed by atoms with Crippen molar-refractivity contribution >= 4 is 17.8 Å². The Morgan fingerprint density at radius 3 is 2.52 bits per heavy atom. The maximum absolute atomic E-state index is 12.6. The van der Waals surface area contributed by atoms with Gasteiger partial charge in [-0.1, -0.05) is 39.2 Å². The van der Waals surface area contributed by atoms with Gasteiger partial charge in [-0.3, -0.25) is 9.59 Å². The number of carboxylic acid groups (broad SMARTS) is 1. The van der Waals surface area contributed by atoms with Crippen molar-refractivity contribution in [1.82, 2.24) is 10.6 Å². The third-order valence-corrected chi connectivity index (χ3v) is 7.35. The molecule has 8 heteroatoms. The summed E-state index contributed by atoms with van der Waals surface area (Å²) in [6.45, 7) is 4.57. The molecule has 0 spiro atoms. The Morgan fingerprint density at radius 1 is 1.21 bits per heavy atom. The van der Waals surface area contributed by atoms with Gasteiger partial charge in [0.15, 0.2) is 0 Å². The van der Waals surface area contributed by atoms with Crippen LogP contribution in [0.2, 0.25) is 0 Å². The third-order valence-electron chi connectivity index (χ3n) is 7.35. The second-order valence-corrected chi connectivity index (χ2v) is 9.89. The zero-order valence-electron chi connectivity index (χ0n) is 19.9. The number of benzene rings is 1. The molecule has 3 atom stereocenters. The fourth-order valence-electron chi connectivity index (χ4n) is 5.38. The highest BCUT2D eigenvalue weighted by Gasteiger charge is 2.43. The van der Waals surface area contributed by atoms with E-state index >= 15 is 0 Å². The van der Waals surface area contributed by atoms with E-state index in [0.29, 0.717) is 18.5 Å². The number of fused-ring (bicyclic) bond motifs is 1. The first kappa shape index (κ1) is 25.2. The lowest BCUT2D eigenvalue weighted by molar-refractivity contribution is -0.142. The predicted molar refractivity (Wildman–Crippen MR) is 125 cm³/mol. The van der Waals surface area contributed by atoms with Gasteiger partial charge in [-0.2, -0.15) is 0 Å². The number of nitrogens with two attached hydrogens (primary N) is 1. The number of carbonyl (C=O) groups is 3. The average molecular weight is 460 g/mol. The van der Waals surface area contributed by atoms with Gasteiger partial charge in [0.25, 0.3) is 0 Å². The van der Waals surface area contributed by atoms with Crippen LogP contribution in [0.15, 0.2) is 18.2 Å². The highest BCUT2D eigenvalue weighted by atomic mass is 16.5. The highest BCUT2D eigenvalue weighted by Crippen LogP contribution is 2.38. The van der Waals surface area contributed by atoms with Gasteiger partial charge in [-0.15, -0.1) is 0 Å². The molecule has 0 bridgehead atoms. The molecular weight excluding hydrogens is 422 g/mol. The molecule has 8 nitrogen and oxygen atoms in total. The number of aliphatic carboxylic acids is 1. The van der Waals surface area contributed by atoms with Gasteiger partial charge < -0.3 is 26.2 Å². The van der Waals surface area contributed by atoms with Gasteiger partial charge in [0.05, 0.1) is 6.10 Å². The molecule has 182 valence electrons. The number of carboxylic acids is 1. The SMILES string of the molecule is CO[C@@H]1Cc2ccc(C(N)=O)cc2C(C)(C)[C@@H]1NCC[C@H](NC(=O)C1CCCCC1)C(=O)O. The van der Waals surface area contributed by atoms with Crippen molar-refractivity contribution in [2.24, 2.45) is 11.7 Å². The van der Waals surface area contributed by atoms with Crippen molar-refractivity contribution < 1.29 is 24.2 Å². The smallest absolute Gasteiger partial charge is 0.326 e. The van der Waals surface area contributed by atoms with Gasteiger partial charge in [-0.25, -0.2) is 4.79 Å². The summed E-state index contributed by atoms with van der Waals surface area (Å²) < 4.78 is 5.78. The molecule has 0 radical (unpaired) electrons. The zero-order chi connectivity index (χ0) is 24.2. The molecule has 2 aliphatic carbocycles. The standard InChI is InChI=1S/C25H37N3O5/c1-25(2)18-13-17(22(26)29)10-9-16(18)14-20(33-3)21(25)27-12-11-19(24(31)32)28-23(30)15-7-5-4-6-8-15/h9-10,13,15,19-21,27H,4-8,11-12,14H2,1-3H3,(H2,26,29)(H,28,30)(H,31,32)/t19-,20+,21+/m0/s1. The van der Waals surface area contributed by atoms with E-state index in [4.69, 9.17) is 10.5 Å². The zero-order valence-corrected chi connectivity index (χ0v) is 19.9. The van der Waals surface area contributed by atoms with Gasteiger partial charge in [0, 0.05) is 36.5 Å². The minimum Gasteiger partial charge on any atom is -0.480 e. The molecule has 2 aliphatic rings. The quantitative estimate of drug-likeness (QED) is 0.447. The number of ether oxygens (including phenoxy) is 1. The average Bonchev–Trinajstić information content (AvgIpc) is 2.79. The molecule has 0 saturated heterocycles. The monoisotopic (exact) mass is 459 g/mol. The molecule has 5 N–H and O–H groups in total. The molecule has 1 aromatic carbocycles. The van der Waals surface area contributed by atoms with Crippen LogP contribution in [-0.2, 0) is 26.2 Å². The topological polar surface area (TPSA) is 131 Å². The van der Waals surface area contributed by atoms with Crippen LogP contribution in [0.3, 0.4) is 0 Å². The molecule has 0 aliphatic heterocycles. The minimum absolute atomic E-state index is 0.0836. The Balaban J connectivity index is 1.68. The van der Waals surface area contributed by atoms with Gasteiger partial charge in [-0.05, 0) is 49.1 Å². The van der Waals surface area contributed by atoms with E-state index < -0.39 is 17.9 Å². The molecule has 0 unspecified atom stereocenters. The predicted octanol–water partition coefficient (Wildman–Crippen LogP) is 2.13. The summed E-state index contributed by atoms with van der Waals surface area (Å²) in [5.41, 5.74) is 7.71. The third kappa shape index (κ3) is 5.73. The second kappa shape index (κ2) is 10.7. The van der Waals surface area contributed by atoms with E-state index in [2.05, 4.69) is 24.5 Å². The lowest BCUT2D eigenvalue weighted by Gasteiger charge is -2.45. The fourth-order valence-corrected chi connectivity index (χ4v) is 5.38.